The maximum atomic E-state index is 12.6. The molecular formula is C20H21ClN4O3S. The van der Waals surface area contributed by atoms with E-state index in [0.717, 1.165) is 5.56 Å². The maximum absolute atomic E-state index is 12.6. The summed E-state index contributed by atoms with van der Waals surface area (Å²) in [4.78, 5) is 12.6. The Labute approximate surface area is 174 Å². The third-order valence-corrected chi connectivity index (χ3v) is 5.16. The van der Waals surface area contributed by atoms with Crippen molar-refractivity contribution in [3.8, 4) is 16.9 Å². The number of nitrogens with one attached hydrogen (secondary N) is 1. The van der Waals surface area contributed by atoms with Gasteiger partial charge in [-0.2, -0.15) is 5.10 Å². The molecule has 0 saturated heterocycles. The van der Waals surface area contributed by atoms with Gasteiger partial charge in [-0.3, -0.25) is 4.79 Å². The topological polar surface area (TPSA) is 107 Å². The summed E-state index contributed by atoms with van der Waals surface area (Å²) in [6.45, 7) is 5.65. The largest absolute Gasteiger partial charge is 0.346 e. The van der Waals surface area contributed by atoms with E-state index in [-0.39, 0.29) is 16.5 Å². The Balaban J connectivity index is 2.11. The van der Waals surface area contributed by atoms with Gasteiger partial charge in [0.1, 0.15) is 0 Å². The summed E-state index contributed by atoms with van der Waals surface area (Å²) in [6, 6.07) is 14.8. The van der Waals surface area contributed by atoms with E-state index in [0.29, 0.717) is 16.4 Å². The number of hydrogen-bond donors (Lipinski definition) is 2. The van der Waals surface area contributed by atoms with E-state index >= 15 is 0 Å². The predicted octanol–water partition coefficient (Wildman–Crippen LogP) is 3.37. The second-order valence-corrected chi connectivity index (χ2v) is 9.57. The summed E-state index contributed by atoms with van der Waals surface area (Å²) in [5.41, 5.74) is 1.85. The number of nitrogens with zero attached hydrogens (tertiary/aromatic N) is 2. The number of aromatic nitrogens is 2. The fourth-order valence-corrected chi connectivity index (χ4v) is 3.34. The highest BCUT2D eigenvalue weighted by molar-refractivity contribution is 7.89. The Kier molecular flexibility index (Phi) is 5.53. The molecule has 9 heteroatoms. The van der Waals surface area contributed by atoms with Gasteiger partial charge < -0.3 is 5.32 Å². The van der Waals surface area contributed by atoms with Gasteiger partial charge in [-0.05, 0) is 63.2 Å². The molecule has 0 aliphatic carbocycles. The number of amides is 1. The van der Waals surface area contributed by atoms with Crippen LogP contribution in [0, 0.1) is 0 Å². The van der Waals surface area contributed by atoms with E-state index in [9.17, 15) is 13.2 Å². The van der Waals surface area contributed by atoms with E-state index in [2.05, 4.69) is 10.4 Å². The van der Waals surface area contributed by atoms with E-state index in [4.69, 9.17) is 16.7 Å². The number of benzene rings is 2. The summed E-state index contributed by atoms with van der Waals surface area (Å²) < 4.78 is 24.6. The lowest BCUT2D eigenvalue weighted by Gasteiger charge is -2.19. The van der Waals surface area contributed by atoms with Gasteiger partial charge in [0, 0.05) is 16.1 Å². The van der Waals surface area contributed by atoms with Crippen LogP contribution in [0.3, 0.4) is 0 Å². The van der Waals surface area contributed by atoms with Crippen LogP contribution in [0.4, 0.5) is 0 Å². The number of hydrogen-bond acceptors (Lipinski definition) is 4. The number of rotatable bonds is 4. The number of halogens is 1. The Hall–Kier alpha value is -2.68. The van der Waals surface area contributed by atoms with Crippen LogP contribution in [0.5, 0.6) is 0 Å². The van der Waals surface area contributed by atoms with Gasteiger partial charge in [-0.1, -0.05) is 23.7 Å². The molecule has 0 spiro atoms. The second-order valence-electron chi connectivity index (χ2n) is 7.58. The normalized spacial score (nSPS) is 12.0. The average molecular weight is 433 g/mol. The number of carbonyl (C=O) groups excluding carboxylic acids is 1. The third-order valence-electron chi connectivity index (χ3n) is 3.98. The van der Waals surface area contributed by atoms with Crippen molar-refractivity contribution >= 4 is 27.5 Å². The first-order valence-corrected chi connectivity index (χ1v) is 10.7. The highest BCUT2D eigenvalue weighted by Gasteiger charge is 2.21. The van der Waals surface area contributed by atoms with Crippen molar-refractivity contribution in [2.45, 2.75) is 31.2 Å². The monoisotopic (exact) mass is 432 g/mol. The molecule has 3 aromatic rings. The lowest BCUT2D eigenvalue weighted by molar-refractivity contribution is 0.0914. The number of nitrogens with two attached hydrogens (primary N) is 1. The maximum Gasteiger partial charge on any atom is 0.272 e. The number of carbonyl (C=O) groups is 1. The van der Waals surface area contributed by atoms with Crippen LogP contribution >= 0.6 is 11.6 Å². The summed E-state index contributed by atoms with van der Waals surface area (Å²) in [7, 11) is -3.81. The molecule has 3 N–H and O–H groups in total. The quantitative estimate of drug-likeness (QED) is 0.658. The molecule has 29 heavy (non-hydrogen) atoms. The van der Waals surface area contributed by atoms with Crippen LogP contribution < -0.4 is 10.5 Å². The van der Waals surface area contributed by atoms with E-state index < -0.39 is 15.6 Å². The second kappa shape index (κ2) is 7.62. The van der Waals surface area contributed by atoms with Crippen molar-refractivity contribution in [3.63, 3.8) is 0 Å². The zero-order valence-corrected chi connectivity index (χ0v) is 17.8. The minimum Gasteiger partial charge on any atom is -0.346 e. The van der Waals surface area contributed by atoms with Crippen LogP contribution in [-0.4, -0.2) is 29.6 Å². The molecule has 1 aromatic heterocycles. The van der Waals surface area contributed by atoms with Crippen molar-refractivity contribution < 1.29 is 13.2 Å². The van der Waals surface area contributed by atoms with Gasteiger partial charge in [0.15, 0.2) is 5.69 Å². The average Bonchev–Trinajstić information content (AvgIpc) is 3.06. The fourth-order valence-electron chi connectivity index (χ4n) is 2.70. The fraction of sp³-hybridized carbons (Fsp3) is 0.200. The summed E-state index contributed by atoms with van der Waals surface area (Å²) >= 11 is 5.99. The van der Waals surface area contributed by atoms with Crippen LogP contribution in [0.15, 0.2) is 59.5 Å². The van der Waals surface area contributed by atoms with Gasteiger partial charge >= 0.3 is 0 Å². The first kappa shape index (κ1) is 21.0. The molecule has 152 valence electrons. The highest BCUT2D eigenvalue weighted by Crippen LogP contribution is 2.26. The standard InChI is InChI=1S/C20H21ClN4O3S/c1-20(2,3)23-19(26)17-12-18(13-4-6-14(21)7-5-13)25(24-17)15-8-10-16(11-9-15)29(22,27)28/h4-12H,1-3H3,(H,23,26)(H2,22,27,28). The first-order valence-electron chi connectivity index (χ1n) is 8.76. The lowest BCUT2D eigenvalue weighted by Crippen LogP contribution is -2.40. The van der Waals surface area contributed by atoms with Gasteiger partial charge in [0.25, 0.3) is 5.91 Å². The molecule has 7 nitrogen and oxygen atoms in total. The minimum atomic E-state index is -3.81. The molecule has 2 aromatic carbocycles. The highest BCUT2D eigenvalue weighted by atomic mass is 35.5. The summed E-state index contributed by atoms with van der Waals surface area (Å²) in [5, 5.41) is 13.1. The van der Waals surface area contributed by atoms with Crippen molar-refractivity contribution in [1.29, 1.82) is 0 Å². The molecule has 3 rings (SSSR count). The van der Waals surface area contributed by atoms with Crippen LogP contribution in [0.1, 0.15) is 31.3 Å². The van der Waals surface area contributed by atoms with Gasteiger partial charge in [0.05, 0.1) is 16.3 Å². The minimum absolute atomic E-state index is 0.00727. The van der Waals surface area contributed by atoms with E-state index in [1.807, 2.05) is 32.9 Å². The molecule has 0 saturated carbocycles. The van der Waals surface area contributed by atoms with E-state index in [1.165, 1.54) is 12.1 Å². The van der Waals surface area contributed by atoms with Crippen molar-refractivity contribution in [2.75, 3.05) is 0 Å². The Morgan fingerprint density at radius 1 is 1.07 bits per heavy atom. The molecule has 0 aliphatic heterocycles. The predicted molar refractivity (Wildman–Crippen MR) is 113 cm³/mol. The summed E-state index contributed by atoms with van der Waals surface area (Å²) in [5.74, 6) is -0.312. The molecule has 0 bridgehead atoms. The van der Waals surface area contributed by atoms with Gasteiger partial charge in [-0.25, -0.2) is 18.2 Å². The number of primary sulfonamides is 1. The molecule has 0 atom stereocenters. The van der Waals surface area contributed by atoms with Crippen molar-refractivity contribution in [2.24, 2.45) is 5.14 Å². The third kappa shape index (κ3) is 5.03. The van der Waals surface area contributed by atoms with Gasteiger partial charge in [0.2, 0.25) is 10.0 Å². The smallest absolute Gasteiger partial charge is 0.272 e. The van der Waals surface area contributed by atoms with Crippen LogP contribution in [0.25, 0.3) is 16.9 Å². The first-order chi connectivity index (χ1) is 13.4. The Morgan fingerprint density at radius 2 is 1.66 bits per heavy atom. The molecule has 0 aliphatic rings. The zero-order chi connectivity index (χ0) is 21.4. The molecule has 0 unspecified atom stereocenters. The zero-order valence-electron chi connectivity index (χ0n) is 16.2. The molecule has 1 amide bonds. The lowest BCUT2D eigenvalue weighted by atomic mass is 10.1. The SMILES string of the molecule is CC(C)(C)NC(=O)c1cc(-c2ccc(Cl)cc2)n(-c2ccc(S(N)(=O)=O)cc2)n1. The molecule has 1 heterocycles. The number of sulfonamides is 1. The van der Waals surface area contributed by atoms with Gasteiger partial charge in [-0.15, -0.1) is 0 Å². The van der Waals surface area contributed by atoms with Crippen molar-refractivity contribution in [1.82, 2.24) is 15.1 Å². The van der Waals surface area contributed by atoms with E-state index in [1.54, 1.807) is 35.0 Å². The Bertz CT molecular complexity index is 1150. The molecule has 0 fully saturated rings. The summed E-state index contributed by atoms with van der Waals surface area (Å²) in [6.07, 6.45) is 0. The van der Waals surface area contributed by atoms with Crippen molar-refractivity contribution in [3.05, 3.63) is 65.3 Å². The molecular weight excluding hydrogens is 412 g/mol. The van der Waals surface area contributed by atoms with Crippen LogP contribution in [0.2, 0.25) is 5.02 Å². The molecule has 0 radical (unpaired) electrons. The Morgan fingerprint density at radius 3 is 2.17 bits per heavy atom. The van der Waals surface area contributed by atoms with Crippen LogP contribution in [-0.2, 0) is 10.0 Å².